The average Bonchev–Trinajstić information content (AvgIpc) is 2.03. The first-order chi connectivity index (χ1) is 5.35. The number of aliphatic hydroxyl groups is 2. The second kappa shape index (κ2) is 8.02. The Kier molecular flexibility index (Phi) is 7.96. The molecule has 0 aliphatic heterocycles. The molecule has 0 rings (SSSR count). The Balaban J connectivity index is 3.20. The summed E-state index contributed by atoms with van der Waals surface area (Å²) in [5, 5.41) is 17.4. The van der Waals surface area contributed by atoms with Crippen molar-refractivity contribution in [3.63, 3.8) is 0 Å². The van der Waals surface area contributed by atoms with E-state index < -0.39 is 0 Å². The zero-order valence-electron chi connectivity index (χ0n) is 7.42. The van der Waals surface area contributed by atoms with Crippen molar-refractivity contribution < 1.29 is 10.2 Å². The molecule has 0 aromatic heterocycles. The molecule has 11 heavy (non-hydrogen) atoms. The van der Waals surface area contributed by atoms with Gasteiger partial charge in [0.1, 0.15) is 0 Å². The molecule has 0 fully saturated rings. The largest absolute Gasteiger partial charge is 0.396 e. The highest BCUT2D eigenvalue weighted by atomic mass is 16.3. The van der Waals surface area contributed by atoms with Crippen molar-refractivity contribution in [2.45, 2.75) is 39.0 Å². The molecule has 0 aromatic carbocycles. The first-order valence-corrected chi connectivity index (χ1v) is 4.56. The number of rotatable bonds is 7. The zero-order valence-corrected chi connectivity index (χ0v) is 7.42. The van der Waals surface area contributed by atoms with Crippen LogP contribution in [0.2, 0.25) is 0 Å². The van der Waals surface area contributed by atoms with Crippen LogP contribution in [0.1, 0.15) is 39.0 Å². The number of unbranched alkanes of at least 4 members (excludes halogenated alkanes) is 1. The maximum atomic E-state index is 8.89. The summed E-state index contributed by atoms with van der Waals surface area (Å²) in [7, 11) is 0. The monoisotopic (exact) mass is 160 g/mol. The Labute approximate surface area is 69.2 Å². The molecule has 68 valence electrons. The summed E-state index contributed by atoms with van der Waals surface area (Å²) in [4.78, 5) is 0. The Morgan fingerprint density at radius 1 is 1.09 bits per heavy atom. The molecule has 0 aromatic rings. The van der Waals surface area contributed by atoms with E-state index >= 15 is 0 Å². The third-order valence-corrected chi connectivity index (χ3v) is 1.98. The van der Waals surface area contributed by atoms with Crippen molar-refractivity contribution in [1.29, 1.82) is 0 Å². The molecular weight excluding hydrogens is 140 g/mol. The maximum absolute atomic E-state index is 8.89. The molecular formula is C9H20O2. The van der Waals surface area contributed by atoms with Gasteiger partial charge in [0.25, 0.3) is 0 Å². The lowest BCUT2D eigenvalue weighted by atomic mass is 9.98. The van der Waals surface area contributed by atoms with Crippen LogP contribution in [0.3, 0.4) is 0 Å². The van der Waals surface area contributed by atoms with E-state index in [1.54, 1.807) is 0 Å². The molecule has 2 nitrogen and oxygen atoms in total. The first-order valence-electron chi connectivity index (χ1n) is 4.56. The van der Waals surface area contributed by atoms with E-state index in [-0.39, 0.29) is 6.61 Å². The van der Waals surface area contributed by atoms with Gasteiger partial charge in [0, 0.05) is 13.2 Å². The SMILES string of the molecule is CCC[C@@H](CO)CCCCO. The summed E-state index contributed by atoms with van der Waals surface area (Å²) in [6, 6.07) is 0. The molecule has 0 heterocycles. The third-order valence-electron chi connectivity index (χ3n) is 1.98. The van der Waals surface area contributed by atoms with Crippen molar-refractivity contribution in [2.75, 3.05) is 13.2 Å². The molecule has 0 saturated carbocycles. The lowest BCUT2D eigenvalue weighted by molar-refractivity contribution is 0.201. The van der Waals surface area contributed by atoms with Crippen LogP contribution in [0.25, 0.3) is 0 Å². The van der Waals surface area contributed by atoms with Crippen LogP contribution in [0.5, 0.6) is 0 Å². The van der Waals surface area contributed by atoms with Gasteiger partial charge in [0.15, 0.2) is 0 Å². The highest BCUT2D eigenvalue weighted by Gasteiger charge is 2.04. The molecule has 0 unspecified atom stereocenters. The molecule has 0 aliphatic rings. The molecule has 0 spiro atoms. The maximum Gasteiger partial charge on any atom is 0.0459 e. The Bertz CT molecular complexity index is 74.0. The van der Waals surface area contributed by atoms with Crippen LogP contribution in [-0.4, -0.2) is 23.4 Å². The second-order valence-electron chi connectivity index (χ2n) is 3.06. The average molecular weight is 160 g/mol. The summed E-state index contributed by atoms with van der Waals surface area (Å²) < 4.78 is 0. The number of hydrogen-bond acceptors (Lipinski definition) is 2. The summed E-state index contributed by atoms with van der Waals surface area (Å²) in [5.41, 5.74) is 0. The third kappa shape index (κ3) is 6.32. The van der Waals surface area contributed by atoms with Gasteiger partial charge in [-0.05, 0) is 25.2 Å². The Morgan fingerprint density at radius 3 is 2.27 bits per heavy atom. The minimum absolute atomic E-state index is 0.282. The molecule has 0 amide bonds. The smallest absolute Gasteiger partial charge is 0.0459 e. The lowest BCUT2D eigenvalue weighted by Crippen LogP contribution is -2.05. The first kappa shape index (κ1) is 10.9. The molecule has 0 aliphatic carbocycles. The van der Waals surface area contributed by atoms with Crippen LogP contribution in [-0.2, 0) is 0 Å². The molecule has 1 atom stereocenters. The van der Waals surface area contributed by atoms with Crippen molar-refractivity contribution in [3.8, 4) is 0 Å². The minimum atomic E-state index is 0.282. The predicted octanol–water partition coefficient (Wildman–Crippen LogP) is 1.56. The van der Waals surface area contributed by atoms with Gasteiger partial charge >= 0.3 is 0 Å². The standard InChI is InChI=1S/C9H20O2/c1-2-5-9(8-11)6-3-4-7-10/h9-11H,2-8H2,1H3/t9-/m1/s1. The van der Waals surface area contributed by atoms with Crippen LogP contribution in [0.4, 0.5) is 0 Å². The highest BCUT2D eigenvalue weighted by Crippen LogP contribution is 2.13. The van der Waals surface area contributed by atoms with E-state index in [1.165, 1.54) is 0 Å². The molecule has 2 N–H and O–H groups in total. The highest BCUT2D eigenvalue weighted by molar-refractivity contribution is 4.56. The van der Waals surface area contributed by atoms with E-state index in [1.807, 2.05) is 0 Å². The van der Waals surface area contributed by atoms with Gasteiger partial charge in [-0.15, -0.1) is 0 Å². The van der Waals surface area contributed by atoms with Gasteiger partial charge in [-0.1, -0.05) is 19.8 Å². The lowest BCUT2D eigenvalue weighted by Gasteiger charge is -2.11. The molecule has 0 radical (unpaired) electrons. The van der Waals surface area contributed by atoms with Crippen LogP contribution < -0.4 is 0 Å². The van der Waals surface area contributed by atoms with Gasteiger partial charge in [0.05, 0.1) is 0 Å². The van der Waals surface area contributed by atoms with Gasteiger partial charge in [-0.2, -0.15) is 0 Å². The molecule has 2 heteroatoms. The van der Waals surface area contributed by atoms with Crippen molar-refractivity contribution in [2.24, 2.45) is 5.92 Å². The predicted molar refractivity (Wildman–Crippen MR) is 46.4 cm³/mol. The van der Waals surface area contributed by atoms with E-state index in [2.05, 4.69) is 6.92 Å². The van der Waals surface area contributed by atoms with Crippen LogP contribution in [0, 0.1) is 5.92 Å². The van der Waals surface area contributed by atoms with Crippen molar-refractivity contribution >= 4 is 0 Å². The minimum Gasteiger partial charge on any atom is -0.396 e. The van der Waals surface area contributed by atoms with E-state index in [0.29, 0.717) is 12.5 Å². The summed E-state index contributed by atoms with van der Waals surface area (Å²) >= 11 is 0. The zero-order chi connectivity index (χ0) is 8.53. The van der Waals surface area contributed by atoms with E-state index in [9.17, 15) is 0 Å². The van der Waals surface area contributed by atoms with Gasteiger partial charge in [-0.3, -0.25) is 0 Å². The molecule has 0 saturated heterocycles. The fourth-order valence-electron chi connectivity index (χ4n) is 1.28. The van der Waals surface area contributed by atoms with E-state index in [0.717, 1.165) is 32.1 Å². The summed E-state index contributed by atoms with van der Waals surface area (Å²) in [5.74, 6) is 0.464. The normalized spacial score (nSPS) is 13.4. The van der Waals surface area contributed by atoms with Crippen LogP contribution >= 0.6 is 0 Å². The summed E-state index contributed by atoms with van der Waals surface area (Å²) in [6.07, 6.45) is 5.24. The number of aliphatic hydroxyl groups excluding tert-OH is 2. The molecule has 0 bridgehead atoms. The van der Waals surface area contributed by atoms with Crippen LogP contribution in [0.15, 0.2) is 0 Å². The van der Waals surface area contributed by atoms with Crippen molar-refractivity contribution in [3.05, 3.63) is 0 Å². The fourth-order valence-corrected chi connectivity index (χ4v) is 1.28. The van der Waals surface area contributed by atoms with Gasteiger partial charge < -0.3 is 10.2 Å². The Morgan fingerprint density at radius 2 is 1.82 bits per heavy atom. The number of hydrogen-bond donors (Lipinski definition) is 2. The summed E-state index contributed by atoms with van der Waals surface area (Å²) in [6.45, 7) is 2.72. The second-order valence-corrected chi connectivity index (χ2v) is 3.06. The quantitative estimate of drug-likeness (QED) is 0.555. The van der Waals surface area contributed by atoms with Crippen molar-refractivity contribution in [1.82, 2.24) is 0 Å². The van der Waals surface area contributed by atoms with Gasteiger partial charge in [0.2, 0.25) is 0 Å². The Hall–Kier alpha value is -0.0800. The topological polar surface area (TPSA) is 40.5 Å². The van der Waals surface area contributed by atoms with E-state index in [4.69, 9.17) is 10.2 Å². The van der Waals surface area contributed by atoms with Gasteiger partial charge in [-0.25, -0.2) is 0 Å². The fraction of sp³-hybridized carbons (Fsp3) is 1.00.